The van der Waals surface area contributed by atoms with Gasteiger partial charge in [-0.3, -0.25) is 4.79 Å². The molecule has 25 heavy (non-hydrogen) atoms. The highest BCUT2D eigenvalue weighted by Crippen LogP contribution is 2.18. The van der Waals surface area contributed by atoms with E-state index in [0.717, 1.165) is 11.1 Å². The van der Waals surface area contributed by atoms with Crippen molar-refractivity contribution in [3.05, 3.63) is 53.6 Å². The van der Waals surface area contributed by atoms with Crippen molar-refractivity contribution in [1.29, 1.82) is 0 Å². The molecule has 7 heteroatoms. The quantitative estimate of drug-likeness (QED) is 0.827. The fourth-order valence-electron chi connectivity index (χ4n) is 2.30. The Bertz CT molecular complexity index is 861. The predicted octanol–water partition coefficient (Wildman–Crippen LogP) is 2.62. The highest BCUT2D eigenvalue weighted by atomic mass is 32.2. The number of benzene rings is 2. The van der Waals surface area contributed by atoms with Gasteiger partial charge < -0.3 is 10.1 Å². The number of hydrogen-bond donors (Lipinski definition) is 2. The van der Waals surface area contributed by atoms with Gasteiger partial charge >= 0.3 is 0 Å². The molecule has 0 radical (unpaired) electrons. The van der Waals surface area contributed by atoms with Crippen molar-refractivity contribution in [3.63, 3.8) is 0 Å². The van der Waals surface area contributed by atoms with Crippen LogP contribution < -0.4 is 14.8 Å². The molecule has 2 rings (SSSR count). The SMILES string of the molecule is COc1ccc(S(=O)(=O)N[C@H](C)C(=O)Nc2ccc(C)cc2C)cc1. The topological polar surface area (TPSA) is 84.5 Å². The van der Waals surface area contributed by atoms with E-state index in [1.165, 1.54) is 26.2 Å². The van der Waals surface area contributed by atoms with Gasteiger partial charge in [0.25, 0.3) is 0 Å². The second-order valence-electron chi connectivity index (χ2n) is 5.83. The first kappa shape index (κ1) is 19.0. The van der Waals surface area contributed by atoms with E-state index in [0.29, 0.717) is 11.4 Å². The largest absolute Gasteiger partial charge is 0.497 e. The van der Waals surface area contributed by atoms with Crippen molar-refractivity contribution in [1.82, 2.24) is 4.72 Å². The third-order valence-electron chi connectivity index (χ3n) is 3.73. The Morgan fingerprint density at radius 3 is 2.28 bits per heavy atom. The van der Waals surface area contributed by atoms with E-state index in [1.54, 1.807) is 18.2 Å². The first-order valence-corrected chi connectivity index (χ1v) is 9.26. The summed E-state index contributed by atoms with van der Waals surface area (Å²) in [6, 6.07) is 10.7. The fourth-order valence-corrected chi connectivity index (χ4v) is 3.51. The van der Waals surface area contributed by atoms with Crippen LogP contribution in [0.25, 0.3) is 0 Å². The number of amides is 1. The molecular formula is C18H22N2O4S. The number of sulfonamides is 1. The van der Waals surface area contributed by atoms with Crippen LogP contribution in [-0.2, 0) is 14.8 Å². The first-order chi connectivity index (χ1) is 11.7. The molecular weight excluding hydrogens is 340 g/mol. The number of rotatable bonds is 6. The van der Waals surface area contributed by atoms with Gasteiger partial charge in [0.15, 0.2) is 0 Å². The molecule has 0 aliphatic carbocycles. The summed E-state index contributed by atoms with van der Waals surface area (Å²) in [7, 11) is -2.30. The van der Waals surface area contributed by atoms with Crippen LogP contribution in [0.4, 0.5) is 5.69 Å². The third kappa shape index (κ3) is 4.80. The molecule has 2 N–H and O–H groups in total. The molecule has 6 nitrogen and oxygen atoms in total. The van der Waals surface area contributed by atoms with Crippen LogP contribution >= 0.6 is 0 Å². The van der Waals surface area contributed by atoms with E-state index in [2.05, 4.69) is 10.0 Å². The fraction of sp³-hybridized carbons (Fsp3) is 0.278. The van der Waals surface area contributed by atoms with Crippen molar-refractivity contribution in [2.75, 3.05) is 12.4 Å². The Kier molecular flexibility index (Phi) is 5.81. The maximum Gasteiger partial charge on any atom is 0.242 e. The third-order valence-corrected chi connectivity index (χ3v) is 5.29. The average Bonchev–Trinajstić information content (AvgIpc) is 2.57. The van der Waals surface area contributed by atoms with E-state index < -0.39 is 22.0 Å². The van der Waals surface area contributed by atoms with E-state index in [1.807, 2.05) is 26.0 Å². The molecule has 0 unspecified atom stereocenters. The molecule has 2 aromatic carbocycles. The highest BCUT2D eigenvalue weighted by molar-refractivity contribution is 7.89. The number of methoxy groups -OCH3 is 1. The Labute approximate surface area is 148 Å². The Morgan fingerprint density at radius 1 is 1.08 bits per heavy atom. The highest BCUT2D eigenvalue weighted by Gasteiger charge is 2.22. The van der Waals surface area contributed by atoms with Crippen molar-refractivity contribution in [2.24, 2.45) is 0 Å². The van der Waals surface area contributed by atoms with E-state index >= 15 is 0 Å². The lowest BCUT2D eigenvalue weighted by molar-refractivity contribution is -0.117. The zero-order valence-corrected chi connectivity index (χ0v) is 15.5. The van der Waals surface area contributed by atoms with E-state index in [-0.39, 0.29) is 4.90 Å². The van der Waals surface area contributed by atoms with Crippen LogP contribution in [0.5, 0.6) is 5.75 Å². The van der Waals surface area contributed by atoms with Gasteiger partial charge in [-0.1, -0.05) is 17.7 Å². The smallest absolute Gasteiger partial charge is 0.242 e. The molecule has 0 fully saturated rings. The maximum atomic E-state index is 12.4. The number of carbonyl (C=O) groups is 1. The Morgan fingerprint density at radius 2 is 1.72 bits per heavy atom. The summed E-state index contributed by atoms with van der Waals surface area (Å²) in [6.07, 6.45) is 0. The minimum Gasteiger partial charge on any atom is -0.497 e. The summed E-state index contributed by atoms with van der Waals surface area (Å²) in [5.41, 5.74) is 2.66. The van der Waals surface area contributed by atoms with Gasteiger partial charge in [-0.15, -0.1) is 0 Å². The zero-order valence-electron chi connectivity index (χ0n) is 14.7. The summed E-state index contributed by atoms with van der Waals surface area (Å²) in [6.45, 7) is 5.35. The second-order valence-corrected chi connectivity index (χ2v) is 7.54. The number of anilines is 1. The van der Waals surface area contributed by atoms with Crippen LogP contribution in [0.15, 0.2) is 47.4 Å². The second kappa shape index (κ2) is 7.67. The molecule has 0 heterocycles. The Hall–Kier alpha value is -2.38. The van der Waals surface area contributed by atoms with Crippen LogP contribution in [-0.4, -0.2) is 27.5 Å². The summed E-state index contributed by atoms with van der Waals surface area (Å²) < 4.78 is 32.1. The van der Waals surface area contributed by atoms with Gasteiger partial charge in [-0.2, -0.15) is 4.72 Å². The van der Waals surface area contributed by atoms with Gasteiger partial charge in [0, 0.05) is 5.69 Å². The number of aryl methyl sites for hydroxylation is 2. The molecule has 1 amide bonds. The van der Waals surface area contributed by atoms with Crippen molar-refractivity contribution >= 4 is 21.6 Å². The van der Waals surface area contributed by atoms with Gasteiger partial charge in [0.05, 0.1) is 18.0 Å². The molecule has 0 aliphatic rings. The number of ether oxygens (including phenoxy) is 1. The van der Waals surface area contributed by atoms with Crippen LogP contribution in [0.3, 0.4) is 0 Å². The van der Waals surface area contributed by atoms with Gasteiger partial charge in [0.1, 0.15) is 5.75 Å². The molecule has 0 aromatic heterocycles. The Balaban J connectivity index is 2.08. The van der Waals surface area contributed by atoms with Crippen LogP contribution in [0, 0.1) is 13.8 Å². The van der Waals surface area contributed by atoms with Crippen molar-refractivity contribution in [2.45, 2.75) is 31.7 Å². The molecule has 134 valence electrons. The molecule has 0 aliphatic heterocycles. The lowest BCUT2D eigenvalue weighted by atomic mass is 10.1. The average molecular weight is 362 g/mol. The maximum absolute atomic E-state index is 12.4. The summed E-state index contributed by atoms with van der Waals surface area (Å²) >= 11 is 0. The number of hydrogen-bond acceptors (Lipinski definition) is 4. The molecule has 0 spiro atoms. The molecule has 1 atom stereocenters. The van der Waals surface area contributed by atoms with Crippen LogP contribution in [0.1, 0.15) is 18.1 Å². The lowest BCUT2D eigenvalue weighted by Gasteiger charge is -2.16. The molecule has 0 saturated heterocycles. The number of carbonyl (C=O) groups excluding carboxylic acids is 1. The minimum absolute atomic E-state index is 0.0690. The molecule has 0 bridgehead atoms. The standard InChI is InChI=1S/C18H22N2O4S/c1-12-5-10-17(13(2)11-12)19-18(21)14(3)20-25(22,23)16-8-6-15(24-4)7-9-16/h5-11,14,20H,1-4H3,(H,19,21)/t14-/m1/s1. The molecule has 2 aromatic rings. The van der Waals surface area contributed by atoms with Crippen molar-refractivity contribution in [3.8, 4) is 5.75 Å². The van der Waals surface area contributed by atoms with Gasteiger partial charge in [0.2, 0.25) is 15.9 Å². The normalized spacial score (nSPS) is 12.5. The number of nitrogens with one attached hydrogen (secondary N) is 2. The minimum atomic E-state index is -3.81. The monoisotopic (exact) mass is 362 g/mol. The van der Waals surface area contributed by atoms with Gasteiger partial charge in [-0.25, -0.2) is 8.42 Å². The van der Waals surface area contributed by atoms with E-state index in [9.17, 15) is 13.2 Å². The van der Waals surface area contributed by atoms with Gasteiger partial charge in [-0.05, 0) is 56.7 Å². The zero-order chi connectivity index (χ0) is 18.6. The van der Waals surface area contributed by atoms with E-state index in [4.69, 9.17) is 4.74 Å². The summed E-state index contributed by atoms with van der Waals surface area (Å²) in [4.78, 5) is 12.4. The predicted molar refractivity (Wildman–Crippen MR) is 97.3 cm³/mol. The van der Waals surface area contributed by atoms with Crippen LogP contribution in [0.2, 0.25) is 0 Å². The first-order valence-electron chi connectivity index (χ1n) is 7.77. The summed E-state index contributed by atoms with van der Waals surface area (Å²) in [5, 5.41) is 2.74. The van der Waals surface area contributed by atoms with Crippen molar-refractivity contribution < 1.29 is 17.9 Å². The lowest BCUT2D eigenvalue weighted by Crippen LogP contribution is -2.41. The molecule has 0 saturated carbocycles. The summed E-state index contributed by atoms with van der Waals surface area (Å²) in [5.74, 6) is 0.128.